The molecule has 0 radical (unpaired) electrons. The van der Waals surface area contributed by atoms with E-state index in [0.29, 0.717) is 5.16 Å². The maximum atomic E-state index is 10.7. The van der Waals surface area contributed by atoms with Gasteiger partial charge in [-0.3, -0.25) is 9.36 Å². The lowest BCUT2D eigenvalue weighted by atomic mass is 10.2. The number of hydrogen-bond donors (Lipinski definition) is 1. The second-order valence-corrected chi connectivity index (χ2v) is 5.57. The Balaban J connectivity index is 2.36. The molecule has 0 atom stereocenters. The molecule has 1 aromatic heterocycles. The third kappa shape index (κ3) is 3.33. The molecule has 0 unspecified atom stereocenters. The molecule has 6 heteroatoms. The predicted octanol–water partition coefficient (Wildman–Crippen LogP) is 2.42. The molecule has 0 aliphatic rings. The van der Waals surface area contributed by atoms with Crippen molar-refractivity contribution in [3.8, 4) is 5.69 Å². The molecule has 0 saturated carbocycles. The fourth-order valence-electron chi connectivity index (χ4n) is 1.81. The number of imidazole rings is 1. The van der Waals surface area contributed by atoms with E-state index >= 15 is 0 Å². The first kappa shape index (κ1) is 14.5. The molecule has 0 amide bonds. The monoisotopic (exact) mass is 291 g/mol. The van der Waals surface area contributed by atoms with Gasteiger partial charge < -0.3 is 10.0 Å². The van der Waals surface area contributed by atoms with Gasteiger partial charge in [0.2, 0.25) is 0 Å². The maximum Gasteiger partial charge on any atom is 0.313 e. The van der Waals surface area contributed by atoms with Crippen molar-refractivity contribution in [1.82, 2.24) is 9.55 Å². The lowest BCUT2D eigenvalue weighted by Crippen LogP contribution is -2.09. The van der Waals surface area contributed by atoms with Crippen molar-refractivity contribution in [1.29, 1.82) is 0 Å². The fourth-order valence-corrected chi connectivity index (χ4v) is 2.57. The number of nitrogens with zero attached hydrogens (tertiary/aromatic N) is 3. The maximum absolute atomic E-state index is 10.7. The number of aromatic nitrogens is 2. The lowest BCUT2D eigenvalue weighted by Gasteiger charge is -2.14. The predicted molar refractivity (Wildman–Crippen MR) is 81.0 cm³/mol. The van der Waals surface area contributed by atoms with Crippen LogP contribution < -0.4 is 4.90 Å². The van der Waals surface area contributed by atoms with E-state index in [1.165, 1.54) is 11.8 Å². The molecule has 0 spiro atoms. The number of carboxylic acid groups (broad SMARTS) is 1. The van der Waals surface area contributed by atoms with Crippen LogP contribution in [-0.2, 0) is 4.79 Å². The van der Waals surface area contributed by atoms with Gasteiger partial charge in [-0.15, -0.1) is 0 Å². The summed E-state index contributed by atoms with van der Waals surface area (Å²) in [7, 11) is 3.97. The van der Waals surface area contributed by atoms with Crippen LogP contribution in [0.3, 0.4) is 0 Å². The number of rotatable bonds is 5. The van der Waals surface area contributed by atoms with Crippen LogP contribution in [-0.4, -0.2) is 40.5 Å². The van der Waals surface area contributed by atoms with Crippen LogP contribution in [0.1, 0.15) is 5.69 Å². The summed E-state index contributed by atoms with van der Waals surface area (Å²) < 4.78 is 1.93. The summed E-state index contributed by atoms with van der Waals surface area (Å²) in [5.74, 6) is -0.839. The van der Waals surface area contributed by atoms with Crippen LogP contribution in [0.4, 0.5) is 5.69 Å². The Hall–Kier alpha value is -1.95. The molecule has 0 bridgehead atoms. The third-order valence-electron chi connectivity index (χ3n) is 2.74. The molecule has 0 saturated heterocycles. The zero-order valence-electron chi connectivity index (χ0n) is 11.7. The fraction of sp³-hybridized carbons (Fsp3) is 0.286. The van der Waals surface area contributed by atoms with Crippen molar-refractivity contribution in [2.45, 2.75) is 12.1 Å². The van der Waals surface area contributed by atoms with E-state index in [-0.39, 0.29) is 5.75 Å². The molecule has 106 valence electrons. The summed E-state index contributed by atoms with van der Waals surface area (Å²) in [4.78, 5) is 17.1. The topological polar surface area (TPSA) is 58.4 Å². The smallest absolute Gasteiger partial charge is 0.313 e. The number of aliphatic carboxylic acids is 1. The molecule has 0 aliphatic carbocycles. The first-order valence-corrected chi connectivity index (χ1v) is 7.14. The second kappa shape index (κ2) is 6.00. The highest BCUT2D eigenvalue weighted by atomic mass is 32.2. The molecule has 1 N–H and O–H groups in total. The van der Waals surface area contributed by atoms with E-state index in [2.05, 4.69) is 4.98 Å². The van der Waals surface area contributed by atoms with Gasteiger partial charge in [-0.2, -0.15) is 0 Å². The number of hydrogen-bond acceptors (Lipinski definition) is 4. The van der Waals surface area contributed by atoms with Crippen LogP contribution in [0.25, 0.3) is 5.69 Å². The van der Waals surface area contributed by atoms with Crippen molar-refractivity contribution in [2.75, 3.05) is 24.7 Å². The van der Waals surface area contributed by atoms with Gasteiger partial charge in [-0.1, -0.05) is 17.8 Å². The number of benzene rings is 1. The van der Waals surface area contributed by atoms with Gasteiger partial charge in [0.25, 0.3) is 0 Å². The van der Waals surface area contributed by atoms with Crippen molar-refractivity contribution < 1.29 is 9.90 Å². The van der Waals surface area contributed by atoms with Gasteiger partial charge in [-0.25, -0.2) is 4.98 Å². The number of anilines is 1. The normalized spacial score (nSPS) is 10.6. The van der Waals surface area contributed by atoms with Crippen LogP contribution in [0.5, 0.6) is 0 Å². The quantitative estimate of drug-likeness (QED) is 0.857. The Labute approximate surface area is 122 Å². The minimum absolute atomic E-state index is 0.00379. The summed E-state index contributed by atoms with van der Waals surface area (Å²) >= 11 is 1.22. The summed E-state index contributed by atoms with van der Waals surface area (Å²) in [5, 5.41) is 9.49. The largest absolute Gasteiger partial charge is 0.481 e. The highest BCUT2D eigenvalue weighted by Crippen LogP contribution is 2.24. The van der Waals surface area contributed by atoms with Crippen LogP contribution in [0, 0.1) is 6.92 Å². The number of aryl methyl sites for hydroxylation is 1. The zero-order chi connectivity index (χ0) is 14.7. The molecule has 1 aromatic carbocycles. The summed E-state index contributed by atoms with van der Waals surface area (Å²) in [6.07, 6.45) is 1.92. The van der Waals surface area contributed by atoms with Gasteiger partial charge >= 0.3 is 5.97 Å². The van der Waals surface area contributed by atoms with Crippen LogP contribution >= 0.6 is 11.8 Å². The third-order valence-corrected chi connectivity index (χ3v) is 3.68. The first-order chi connectivity index (χ1) is 9.47. The Morgan fingerprint density at radius 3 is 2.85 bits per heavy atom. The second-order valence-electron chi connectivity index (χ2n) is 4.63. The Morgan fingerprint density at radius 1 is 1.45 bits per heavy atom. The molecular weight excluding hydrogens is 274 g/mol. The van der Waals surface area contributed by atoms with Gasteiger partial charge in [0.15, 0.2) is 5.16 Å². The van der Waals surface area contributed by atoms with Gasteiger partial charge in [0.05, 0.1) is 11.4 Å². The van der Waals surface area contributed by atoms with E-state index in [4.69, 9.17) is 5.11 Å². The molecule has 2 aromatic rings. The number of carboxylic acids is 1. The number of carbonyl (C=O) groups is 1. The molecule has 5 nitrogen and oxygen atoms in total. The summed E-state index contributed by atoms with van der Waals surface area (Å²) in [6, 6.07) is 8.04. The van der Waals surface area contributed by atoms with E-state index in [1.54, 1.807) is 0 Å². The van der Waals surface area contributed by atoms with Crippen molar-refractivity contribution in [3.63, 3.8) is 0 Å². The standard InChI is InChI=1S/C14H17N3O2S/c1-10-8-17(14(15-10)20-9-13(18)19)12-6-4-5-11(7-12)16(2)3/h4-8H,9H2,1-3H3,(H,18,19). The molecule has 2 rings (SSSR count). The Morgan fingerprint density at radius 2 is 2.20 bits per heavy atom. The zero-order valence-corrected chi connectivity index (χ0v) is 12.5. The first-order valence-electron chi connectivity index (χ1n) is 6.15. The Kier molecular flexibility index (Phi) is 4.34. The number of thioether (sulfide) groups is 1. The highest BCUT2D eigenvalue weighted by molar-refractivity contribution is 7.99. The van der Waals surface area contributed by atoms with E-state index in [9.17, 15) is 4.79 Å². The van der Waals surface area contributed by atoms with Gasteiger partial charge in [0, 0.05) is 31.7 Å². The average molecular weight is 291 g/mol. The van der Waals surface area contributed by atoms with Crippen molar-refractivity contribution in [3.05, 3.63) is 36.2 Å². The average Bonchev–Trinajstić information content (AvgIpc) is 2.77. The molecule has 0 aliphatic heterocycles. The summed E-state index contributed by atoms with van der Waals surface area (Å²) in [6.45, 7) is 1.90. The molecule has 1 heterocycles. The Bertz CT molecular complexity index is 623. The van der Waals surface area contributed by atoms with Gasteiger partial charge in [0.1, 0.15) is 0 Å². The summed E-state index contributed by atoms with van der Waals surface area (Å²) in [5.41, 5.74) is 2.93. The van der Waals surface area contributed by atoms with Gasteiger partial charge in [-0.05, 0) is 25.1 Å². The van der Waals surface area contributed by atoms with Crippen LogP contribution in [0.2, 0.25) is 0 Å². The van der Waals surface area contributed by atoms with Crippen molar-refractivity contribution in [2.24, 2.45) is 0 Å². The SMILES string of the molecule is Cc1cn(-c2cccc(N(C)C)c2)c(SCC(=O)O)n1. The molecular formula is C14H17N3O2S. The molecule has 0 fully saturated rings. The minimum Gasteiger partial charge on any atom is -0.481 e. The van der Waals surface area contributed by atoms with Crippen molar-refractivity contribution >= 4 is 23.4 Å². The van der Waals surface area contributed by atoms with E-state index in [0.717, 1.165) is 17.1 Å². The highest BCUT2D eigenvalue weighted by Gasteiger charge is 2.11. The molecule has 20 heavy (non-hydrogen) atoms. The van der Waals surface area contributed by atoms with Crippen LogP contribution in [0.15, 0.2) is 35.6 Å². The lowest BCUT2D eigenvalue weighted by molar-refractivity contribution is -0.133. The van der Waals surface area contributed by atoms with E-state index < -0.39 is 5.97 Å². The minimum atomic E-state index is -0.843. The van der Waals surface area contributed by atoms with E-state index in [1.807, 2.05) is 60.9 Å².